The SMILES string of the molecule is CCC#CCCCCCCCCOC(=O)C1CCCC1. The molecule has 1 aliphatic rings. The summed E-state index contributed by atoms with van der Waals surface area (Å²) < 4.78 is 5.34. The molecule has 0 atom stereocenters. The Hall–Kier alpha value is -0.970. The molecule has 0 spiro atoms. The molecule has 114 valence electrons. The Morgan fingerprint density at radius 3 is 2.35 bits per heavy atom. The second kappa shape index (κ2) is 11.8. The van der Waals surface area contributed by atoms with Gasteiger partial charge in [0, 0.05) is 12.8 Å². The molecule has 0 N–H and O–H groups in total. The van der Waals surface area contributed by atoms with Gasteiger partial charge in [-0.25, -0.2) is 0 Å². The van der Waals surface area contributed by atoms with Crippen molar-refractivity contribution in [1.29, 1.82) is 0 Å². The summed E-state index contributed by atoms with van der Waals surface area (Å²) in [7, 11) is 0. The third-order valence-corrected chi connectivity index (χ3v) is 3.93. The van der Waals surface area contributed by atoms with E-state index in [0.717, 1.165) is 32.1 Å². The molecule has 2 nitrogen and oxygen atoms in total. The van der Waals surface area contributed by atoms with E-state index in [9.17, 15) is 4.79 Å². The highest BCUT2D eigenvalue weighted by atomic mass is 16.5. The highest BCUT2D eigenvalue weighted by molar-refractivity contribution is 5.72. The van der Waals surface area contributed by atoms with Gasteiger partial charge in [-0.1, -0.05) is 45.4 Å². The van der Waals surface area contributed by atoms with Gasteiger partial charge in [0.1, 0.15) is 0 Å². The molecule has 0 radical (unpaired) electrons. The second-order valence-electron chi connectivity index (χ2n) is 5.73. The minimum atomic E-state index is 0.0528. The number of ether oxygens (including phenoxy) is 1. The molecule has 1 saturated carbocycles. The van der Waals surface area contributed by atoms with Gasteiger partial charge >= 0.3 is 5.97 Å². The van der Waals surface area contributed by atoms with E-state index < -0.39 is 0 Å². The minimum Gasteiger partial charge on any atom is -0.465 e. The summed E-state index contributed by atoms with van der Waals surface area (Å²) in [5, 5.41) is 0. The maximum absolute atomic E-state index is 11.7. The van der Waals surface area contributed by atoms with Crippen molar-refractivity contribution in [2.45, 2.75) is 84.0 Å². The summed E-state index contributed by atoms with van der Waals surface area (Å²) in [5.74, 6) is 6.54. The minimum absolute atomic E-state index is 0.0528. The number of carbonyl (C=O) groups excluding carboxylic acids is 1. The van der Waals surface area contributed by atoms with E-state index in [4.69, 9.17) is 4.74 Å². The quantitative estimate of drug-likeness (QED) is 0.342. The molecular formula is C18H30O2. The molecule has 0 unspecified atom stereocenters. The number of hydrogen-bond acceptors (Lipinski definition) is 2. The maximum atomic E-state index is 11.7. The Morgan fingerprint density at radius 2 is 1.65 bits per heavy atom. The zero-order valence-electron chi connectivity index (χ0n) is 13.1. The van der Waals surface area contributed by atoms with Gasteiger partial charge in [-0.05, 0) is 25.7 Å². The number of carbonyl (C=O) groups is 1. The molecule has 1 aliphatic carbocycles. The molecule has 1 rings (SSSR count). The first-order valence-corrected chi connectivity index (χ1v) is 8.47. The van der Waals surface area contributed by atoms with Crippen LogP contribution in [0.2, 0.25) is 0 Å². The summed E-state index contributed by atoms with van der Waals surface area (Å²) in [5.41, 5.74) is 0. The molecular weight excluding hydrogens is 248 g/mol. The Kier molecular flexibility index (Phi) is 10.1. The molecule has 0 heterocycles. The first-order valence-electron chi connectivity index (χ1n) is 8.47. The monoisotopic (exact) mass is 278 g/mol. The number of esters is 1. The average molecular weight is 278 g/mol. The van der Waals surface area contributed by atoms with Crippen LogP contribution < -0.4 is 0 Å². The van der Waals surface area contributed by atoms with Crippen molar-refractivity contribution in [3.63, 3.8) is 0 Å². The van der Waals surface area contributed by atoms with Crippen LogP contribution in [-0.2, 0) is 9.53 Å². The molecule has 0 aromatic rings. The smallest absolute Gasteiger partial charge is 0.308 e. The molecule has 0 amide bonds. The predicted octanol–water partition coefficient (Wildman–Crippen LogP) is 4.86. The van der Waals surface area contributed by atoms with E-state index in [1.165, 1.54) is 44.9 Å². The third-order valence-electron chi connectivity index (χ3n) is 3.93. The van der Waals surface area contributed by atoms with Crippen LogP contribution in [0.1, 0.15) is 84.0 Å². The van der Waals surface area contributed by atoms with Crippen LogP contribution in [0.3, 0.4) is 0 Å². The van der Waals surface area contributed by atoms with E-state index >= 15 is 0 Å². The van der Waals surface area contributed by atoms with Crippen LogP contribution in [0.15, 0.2) is 0 Å². The van der Waals surface area contributed by atoms with Crippen LogP contribution in [0, 0.1) is 17.8 Å². The summed E-state index contributed by atoms with van der Waals surface area (Å²) in [6, 6.07) is 0. The summed E-state index contributed by atoms with van der Waals surface area (Å²) in [6.45, 7) is 2.71. The Labute approximate surface area is 124 Å². The van der Waals surface area contributed by atoms with Gasteiger partial charge in [-0.15, -0.1) is 11.8 Å². The van der Waals surface area contributed by atoms with Gasteiger partial charge in [0.05, 0.1) is 12.5 Å². The van der Waals surface area contributed by atoms with Crippen LogP contribution in [0.25, 0.3) is 0 Å². The molecule has 1 fully saturated rings. The molecule has 0 bridgehead atoms. The molecule has 0 aromatic carbocycles. The topological polar surface area (TPSA) is 26.3 Å². The van der Waals surface area contributed by atoms with E-state index in [1.807, 2.05) is 0 Å². The zero-order valence-corrected chi connectivity index (χ0v) is 13.1. The summed E-state index contributed by atoms with van der Waals surface area (Å²) in [4.78, 5) is 11.7. The lowest BCUT2D eigenvalue weighted by molar-refractivity contribution is -0.148. The molecule has 0 aromatic heterocycles. The predicted molar refractivity (Wildman–Crippen MR) is 83.3 cm³/mol. The first kappa shape index (κ1) is 17.1. The van der Waals surface area contributed by atoms with E-state index in [-0.39, 0.29) is 11.9 Å². The third kappa shape index (κ3) is 8.25. The number of hydrogen-bond donors (Lipinski definition) is 0. The average Bonchev–Trinajstić information content (AvgIpc) is 2.99. The Morgan fingerprint density at radius 1 is 1.00 bits per heavy atom. The van der Waals surface area contributed by atoms with Crippen molar-refractivity contribution in [3.05, 3.63) is 0 Å². The lowest BCUT2D eigenvalue weighted by atomic mass is 10.1. The molecule has 0 saturated heterocycles. The fraction of sp³-hybridized carbons (Fsp3) is 0.833. The zero-order chi connectivity index (χ0) is 14.5. The molecule has 0 aliphatic heterocycles. The van der Waals surface area contributed by atoms with E-state index in [2.05, 4.69) is 18.8 Å². The van der Waals surface area contributed by atoms with Crippen molar-refractivity contribution in [2.75, 3.05) is 6.61 Å². The van der Waals surface area contributed by atoms with Crippen molar-refractivity contribution in [2.24, 2.45) is 5.92 Å². The number of unbranched alkanes of at least 4 members (excludes halogenated alkanes) is 6. The maximum Gasteiger partial charge on any atom is 0.308 e. The van der Waals surface area contributed by atoms with Gasteiger partial charge < -0.3 is 4.74 Å². The largest absolute Gasteiger partial charge is 0.465 e. The lowest BCUT2D eigenvalue weighted by Gasteiger charge is -2.09. The van der Waals surface area contributed by atoms with Gasteiger partial charge in [0.25, 0.3) is 0 Å². The first-order chi connectivity index (χ1) is 9.84. The summed E-state index contributed by atoms with van der Waals surface area (Å²) >= 11 is 0. The van der Waals surface area contributed by atoms with Crippen LogP contribution in [0.5, 0.6) is 0 Å². The molecule has 2 heteroatoms. The standard InChI is InChI=1S/C18H30O2/c1-2-3-4-5-6-7-8-9-10-13-16-20-18(19)17-14-11-12-15-17/h17H,2,5-16H2,1H3. The van der Waals surface area contributed by atoms with Crippen LogP contribution in [-0.4, -0.2) is 12.6 Å². The highest BCUT2D eigenvalue weighted by Crippen LogP contribution is 2.25. The van der Waals surface area contributed by atoms with Crippen LogP contribution >= 0.6 is 0 Å². The fourth-order valence-corrected chi connectivity index (χ4v) is 2.69. The van der Waals surface area contributed by atoms with Crippen molar-refractivity contribution in [3.8, 4) is 11.8 Å². The van der Waals surface area contributed by atoms with Gasteiger partial charge in [0.2, 0.25) is 0 Å². The highest BCUT2D eigenvalue weighted by Gasteiger charge is 2.23. The summed E-state index contributed by atoms with van der Waals surface area (Å²) in [6.07, 6.45) is 13.7. The number of rotatable bonds is 9. The van der Waals surface area contributed by atoms with Gasteiger partial charge in [-0.2, -0.15) is 0 Å². The Balaban J connectivity index is 1.81. The second-order valence-corrected chi connectivity index (χ2v) is 5.73. The normalized spacial score (nSPS) is 14.8. The lowest BCUT2D eigenvalue weighted by Crippen LogP contribution is -2.15. The Bertz CT molecular complexity index is 305. The fourth-order valence-electron chi connectivity index (χ4n) is 2.69. The molecule has 20 heavy (non-hydrogen) atoms. The van der Waals surface area contributed by atoms with Gasteiger partial charge in [0.15, 0.2) is 0 Å². The van der Waals surface area contributed by atoms with Crippen molar-refractivity contribution >= 4 is 5.97 Å². The van der Waals surface area contributed by atoms with Crippen molar-refractivity contribution in [1.82, 2.24) is 0 Å². The van der Waals surface area contributed by atoms with E-state index in [1.54, 1.807) is 0 Å². The van der Waals surface area contributed by atoms with Crippen LogP contribution in [0.4, 0.5) is 0 Å². The van der Waals surface area contributed by atoms with Gasteiger partial charge in [-0.3, -0.25) is 4.79 Å². The van der Waals surface area contributed by atoms with E-state index in [0.29, 0.717) is 6.61 Å². The van der Waals surface area contributed by atoms with Crippen molar-refractivity contribution < 1.29 is 9.53 Å².